The quantitative estimate of drug-likeness (QED) is 0.720. The molecule has 0 aliphatic carbocycles. The van der Waals surface area contributed by atoms with Crippen molar-refractivity contribution < 1.29 is 0 Å². The minimum absolute atomic E-state index is 0.801. The molecule has 28 heavy (non-hydrogen) atoms. The van der Waals surface area contributed by atoms with E-state index in [-0.39, 0.29) is 0 Å². The van der Waals surface area contributed by atoms with Gasteiger partial charge in [0.25, 0.3) is 0 Å². The van der Waals surface area contributed by atoms with Gasteiger partial charge in [0.1, 0.15) is 0 Å². The number of nitrogens with one attached hydrogen (secondary N) is 1. The summed E-state index contributed by atoms with van der Waals surface area (Å²) < 4.78 is 0. The molecular formula is C24H30N4. The van der Waals surface area contributed by atoms with Gasteiger partial charge < -0.3 is 9.88 Å². The monoisotopic (exact) mass is 374 g/mol. The molecule has 5 rings (SSSR count). The van der Waals surface area contributed by atoms with Gasteiger partial charge in [0, 0.05) is 35.2 Å². The van der Waals surface area contributed by atoms with Gasteiger partial charge in [0.2, 0.25) is 0 Å². The van der Waals surface area contributed by atoms with Gasteiger partial charge in [0.05, 0.1) is 11.4 Å². The second-order valence-corrected chi connectivity index (χ2v) is 8.34. The van der Waals surface area contributed by atoms with E-state index < -0.39 is 0 Å². The molecule has 4 heteroatoms. The van der Waals surface area contributed by atoms with Gasteiger partial charge in [-0.15, -0.1) is 0 Å². The molecular weight excluding hydrogens is 344 g/mol. The fraction of sp³-hybridized carbons (Fsp3) is 0.458. The summed E-state index contributed by atoms with van der Waals surface area (Å²) >= 11 is 0. The van der Waals surface area contributed by atoms with Crippen molar-refractivity contribution in [3.8, 4) is 11.4 Å². The van der Waals surface area contributed by atoms with Crippen LogP contribution in [0.3, 0.4) is 0 Å². The molecule has 4 nitrogen and oxygen atoms in total. The maximum absolute atomic E-state index is 4.61. The Morgan fingerprint density at radius 3 is 2.46 bits per heavy atom. The Morgan fingerprint density at radius 1 is 0.893 bits per heavy atom. The van der Waals surface area contributed by atoms with Crippen molar-refractivity contribution >= 4 is 10.9 Å². The maximum atomic E-state index is 4.61. The number of H-pyrrole nitrogens is 1. The van der Waals surface area contributed by atoms with Crippen molar-refractivity contribution in [2.45, 2.75) is 44.7 Å². The Bertz CT molecular complexity index is 903. The molecule has 2 fully saturated rings. The minimum atomic E-state index is 0.801. The number of pyridine rings is 1. The van der Waals surface area contributed by atoms with Crippen molar-refractivity contribution in [2.24, 2.45) is 0 Å². The number of aromatic nitrogens is 2. The maximum Gasteiger partial charge on any atom is 0.0868 e. The summed E-state index contributed by atoms with van der Waals surface area (Å²) in [6.07, 6.45) is 8.70. The highest BCUT2D eigenvalue weighted by Crippen LogP contribution is 2.31. The van der Waals surface area contributed by atoms with Crippen LogP contribution in [0.15, 0.2) is 48.7 Å². The van der Waals surface area contributed by atoms with Crippen LogP contribution in [0.2, 0.25) is 0 Å². The van der Waals surface area contributed by atoms with Crippen LogP contribution in [0.25, 0.3) is 22.3 Å². The first-order chi connectivity index (χ1) is 13.9. The number of benzene rings is 1. The Labute approximate surface area is 167 Å². The summed E-state index contributed by atoms with van der Waals surface area (Å²) in [6, 6.07) is 15.6. The fourth-order valence-corrected chi connectivity index (χ4v) is 5.04. The molecule has 0 spiro atoms. The Balaban J connectivity index is 1.35. The molecule has 1 aromatic carbocycles. The number of aromatic amines is 1. The van der Waals surface area contributed by atoms with E-state index in [9.17, 15) is 0 Å². The van der Waals surface area contributed by atoms with Crippen LogP contribution >= 0.6 is 0 Å². The summed E-state index contributed by atoms with van der Waals surface area (Å²) in [5.41, 5.74) is 4.82. The molecule has 2 aromatic heterocycles. The van der Waals surface area contributed by atoms with Crippen LogP contribution in [0.4, 0.5) is 0 Å². The SMILES string of the molecule is c1ccc(-c2[nH]c3ccccc3c2CN2CCC(N3CCCCC3)CC2)nc1. The number of hydrogen-bond donors (Lipinski definition) is 1. The number of rotatable bonds is 4. The third-order valence-electron chi connectivity index (χ3n) is 6.58. The molecule has 0 radical (unpaired) electrons. The van der Waals surface area contributed by atoms with E-state index in [0.717, 1.165) is 18.3 Å². The first-order valence-electron chi connectivity index (χ1n) is 10.9. The number of fused-ring (bicyclic) bond motifs is 1. The van der Waals surface area contributed by atoms with Gasteiger partial charge >= 0.3 is 0 Å². The van der Waals surface area contributed by atoms with Crippen molar-refractivity contribution in [3.63, 3.8) is 0 Å². The summed E-state index contributed by atoms with van der Waals surface area (Å²) in [6.45, 7) is 6.03. The van der Waals surface area contributed by atoms with Crippen LogP contribution in [0, 0.1) is 0 Å². The van der Waals surface area contributed by atoms with Crippen molar-refractivity contribution in [1.82, 2.24) is 19.8 Å². The lowest BCUT2D eigenvalue weighted by molar-refractivity contribution is 0.0899. The molecule has 1 N–H and O–H groups in total. The minimum Gasteiger partial charge on any atom is -0.353 e. The van der Waals surface area contributed by atoms with Gasteiger partial charge in [-0.25, -0.2) is 0 Å². The molecule has 2 aliphatic rings. The zero-order valence-electron chi connectivity index (χ0n) is 16.6. The Hall–Kier alpha value is -2.17. The number of para-hydroxylation sites is 1. The highest BCUT2D eigenvalue weighted by Gasteiger charge is 2.26. The smallest absolute Gasteiger partial charge is 0.0868 e. The van der Waals surface area contributed by atoms with Crippen LogP contribution < -0.4 is 0 Å². The van der Waals surface area contributed by atoms with Crippen molar-refractivity contribution in [1.29, 1.82) is 0 Å². The summed E-state index contributed by atoms with van der Waals surface area (Å²) in [7, 11) is 0. The molecule has 0 saturated carbocycles. The number of nitrogens with zero attached hydrogens (tertiary/aromatic N) is 3. The third kappa shape index (κ3) is 3.59. The Morgan fingerprint density at radius 2 is 1.68 bits per heavy atom. The third-order valence-corrected chi connectivity index (χ3v) is 6.58. The fourth-order valence-electron chi connectivity index (χ4n) is 5.04. The highest BCUT2D eigenvalue weighted by atomic mass is 15.2. The number of piperidine rings is 2. The average Bonchev–Trinajstić information content (AvgIpc) is 3.14. The van der Waals surface area contributed by atoms with Gasteiger partial charge in [-0.1, -0.05) is 30.7 Å². The van der Waals surface area contributed by atoms with E-state index in [2.05, 4.69) is 56.2 Å². The van der Waals surface area contributed by atoms with Crippen LogP contribution in [0.5, 0.6) is 0 Å². The number of likely N-dealkylation sites (tertiary alicyclic amines) is 2. The second kappa shape index (κ2) is 8.06. The van der Waals surface area contributed by atoms with Gasteiger partial charge in [0.15, 0.2) is 0 Å². The molecule has 3 aromatic rings. The summed E-state index contributed by atoms with van der Waals surface area (Å²) in [4.78, 5) is 13.6. The lowest BCUT2D eigenvalue weighted by Gasteiger charge is -2.40. The zero-order chi connectivity index (χ0) is 18.8. The molecule has 2 saturated heterocycles. The molecule has 0 atom stereocenters. The first kappa shape index (κ1) is 17.9. The molecule has 0 bridgehead atoms. The lowest BCUT2D eigenvalue weighted by Crippen LogP contribution is -2.46. The standard InChI is InChI=1S/C24H30N4/c1-6-14-28(15-7-1)19-11-16-27(17-12-19)18-21-20-8-2-3-9-22(20)26-24(21)23-10-4-5-13-25-23/h2-5,8-10,13,19,26H,1,6-7,11-12,14-18H2. The summed E-state index contributed by atoms with van der Waals surface area (Å²) in [5, 5.41) is 1.33. The largest absolute Gasteiger partial charge is 0.353 e. The van der Waals surface area contributed by atoms with Gasteiger partial charge in [-0.2, -0.15) is 0 Å². The van der Waals surface area contributed by atoms with E-state index in [1.807, 2.05) is 12.3 Å². The summed E-state index contributed by atoms with van der Waals surface area (Å²) in [5.74, 6) is 0. The Kier molecular flexibility index (Phi) is 5.15. The molecule has 4 heterocycles. The van der Waals surface area contributed by atoms with Crippen LogP contribution in [-0.2, 0) is 6.54 Å². The zero-order valence-corrected chi connectivity index (χ0v) is 16.6. The first-order valence-corrected chi connectivity index (χ1v) is 10.9. The predicted molar refractivity (Wildman–Crippen MR) is 115 cm³/mol. The molecule has 146 valence electrons. The van der Waals surface area contributed by atoms with Gasteiger partial charge in [-0.3, -0.25) is 9.88 Å². The van der Waals surface area contributed by atoms with Gasteiger partial charge in [-0.05, 0) is 70.1 Å². The topological polar surface area (TPSA) is 35.2 Å². The van der Waals surface area contributed by atoms with Crippen molar-refractivity contribution in [2.75, 3.05) is 26.2 Å². The molecule has 2 aliphatic heterocycles. The van der Waals surface area contributed by atoms with E-state index in [1.54, 1.807) is 0 Å². The second-order valence-electron chi connectivity index (χ2n) is 8.34. The highest BCUT2D eigenvalue weighted by molar-refractivity contribution is 5.90. The number of hydrogen-bond acceptors (Lipinski definition) is 3. The van der Waals surface area contributed by atoms with Crippen molar-refractivity contribution in [3.05, 3.63) is 54.2 Å². The van der Waals surface area contributed by atoms with Crippen LogP contribution in [-0.4, -0.2) is 52.0 Å². The predicted octanol–water partition coefficient (Wildman–Crippen LogP) is 4.68. The van der Waals surface area contributed by atoms with E-state index in [4.69, 9.17) is 0 Å². The lowest BCUT2D eigenvalue weighted by atomic mass is 9.99. The van der Waals surface area contributed by atoms with E-state index in [0.29, 0.717) is 0 Å². The van der Waals surface area contributed by atoms with Crippen LogP contribution in [0.1, 0.15) is 37.7 Å². The van der Waals surface area contributed by atoms with E-state index >= 15 is 0 Å². The van der Waals surface area contributed by atoms with E-state index in [1.165, 1.54) is 80.4 Å². The molecule has 0 amide bonds. The molecule has 0 unspecified atom stereocenters. The normalized spacial score (nSPS) is 20.0. The average molecular weight is 375 g/mol.